The van der Waals surface area contributed by atoms with Gasteiger partial charge in [0.2, 0.25) is 15.9 Å². The third-order valence-electron chi connectivity index (χ3n) is 2.34. The maximum absolute atomic E-state index is 11.1. The van der Waals surface area contributed by atoms with Gasteiger partial charge in [-0.15, -0.1) is 0 Å². The first kappa shape index (κ1) is 12.4. The molecule has 15 heavy (non-hydrogen) atoms. The lowest BCUT2D eigenvalue weighted by molar-refractivity contribution is -0.128. The molecule has 2 atom stereocenters. The van der Waals surface area contributed by atoms with E-state index in [0.717, 1.165) is 0 Å². The van der Waals surface area contributed by atoms with Crippen LogP contribution in [0.1, 0.15) is 19.8 Å². The minimum Gasteiger partial charge on any atom is -0.367 e. The molecule has 0 saturated carbocycles. The maximum atomic E-state index is 11.1. The first-order valence-electron chi connectivity index (χ1n) is 4.86. The monoisotopic (exact) mass is 236 g/mol. The zero-order valence-electron chi connectivity index (χ0n) is 8.60. The summed E-state index contributed by atoms with van der Waals surface area (Å²) in [6.07, 6.45) is 0.401. The Labute approximate surface area is 89.2 Å². The molecule has 0 spiro atoms. The number of amides is 1. The Morgan fingerprint density at radius 2 is 2.20 bits per heavy atom. The van der Waals surface area contributed by atoms with E-state index in [1.807, 2.05) is 0 Å². The zero-order chi connectivity index (χ0) is 11.5. The van der Waals surface area contributed by atoms with Gasteiger partial charge in [-0.2, -0.15) is 0 Å². The molecule has 0 radical (unpaired) electrons. The van der Waals surface area contributed by atoms with Crippen LogP contribution >= 0.6 is 0 Å². The Hall–Kier alpha value is -0.660. The van der Waals surface area contributed by atoms with Crippen molar-refractivity contribution in [3.63, 3.8) is 0 Å². The van der Waals surface area contributed by atoms with Crippen molar-refractivity contribution >= 4 is 15.9 Å². The predicted octanol–water partition coefficient (Wildman–Crippen LogP) is -1.04. The number of sulfonamides is 1. The van der Waals surface area contributed by atoms with E-state index >= 15 is 0 Å². The average molecular weight is 236 g/mol. The number of carbonyl (C=O) groups excluding carboxylic acids is 1. The van der Waals surface area contributed by atoms with Gasteiger partial charge in [0.15, 0.2) is 0 Å². The fourth-order valence-electron chi connectivity index (χ4n) is 1.39. The van der Waals surface area contributed by atoms with Gasteiger partial charge in [0.1, 0.15) is 6.10 Å². The second kappa shape index (κ2) is 4.91. The van der Waals surface area contributed by atoms with E-state index < -0.39 is 22.0 Å². The Bertz CT molecular complexity index is 328. The van der Waals surface area contributed by atoms with Gasteiger partial charge in [0.25, 0.3) is 0 Å². The van der Waals surface area contributed by atoms with Crippen molar-refractivity contribution in [1.29, 1.82) is 0 Å². The van der Waals surface area contributed by atoms with Crippen LogP contribution in [-0.2, 0) is 19.6 Å². The van der Waals surface area contributed by atoms with Crippen LogP contribution < -0.4 is 10.5 Å². The molecule has 3 N–H and O–H groups in total. The summed E-state index contributed by atoms with van der Waals surface area (Å²) >= 11 is 0. The van der Waals surface area contributed by atoms with E-state index in [0.29, 0.717) is 12.8 Å². The van der Waals surface area contributed by atoms with E-state index in [9.17, 15) is 13.2 Å². The zero-order valence-corrected chi connectivity index (χ0v) is 9.42. The van der Waals surface area contributed by atoms with E-state index in [1.165, 1.54) is 0 Å². The number of primary amides is 1. The van der Waals surface area contributed by atoms with Crippen molar-refractivity contribution in [3.8, 4) is 0 Å². The normalized spacial score (nSPS) is 26.7. The van der Waals surface area contributed by atoms with Gasteiger partial charge >= 0.3 is 0 Å². The van der Waals surface area contributed by atoms with Crippen molar-refractivity contribution in [2.45, 2.75) is 32.0 Å². The predicted molar refractivity (Wildman–Crippen MR) is 54.6 cm³/mol. The Balaban J connectivity index is 2.34. The molecular formula is C8H16N2O4S. The number of carbonyl (C=O) groups is 1. The van der Waals surface area contributed by atoms with Crippen LogP contribution in [-0.4, -0.2) is 38.8 Å². The summed E-state index contributed by atoms with van der Waals surface area (Å²) in [5.41, 5.74) is 5.07. The van der Waals surface area contributed by atoms with Crippen molar-refractivity contribution in [1.82, 2.24) is 4.72 Å². The van der Waals surface area contributed by atoms with Crippen molar-refractivity contribution in [3.05, 3.63) is 0 Å². The van der Waals surface area contributed by atoms with E-state index in [4.69, 9.17) is 10.5 Å². The van der Waals surface area contributed by atoms with Crippen LogP contribution in [0.5, 0.6) is 0 Å². The number of hydrogen-bond donors (Lipinski definition) is 2. The van der Waals surface area contributed by atoms with Crippen LogP contribution in [0.3, 0.4) is 0 Å². The van der Waals surface area contributed by atoms with E-state index in [-0.39, 0.29) is 18.4 Å². The summed E-state index contributed by atoms with van der Waals surface area (Å²) in [5, 5.41) is 0. The highest BCUT2D eigenvalue weighted by molar-refractivity contribution is 7.89. The van der Waals surface area contributed by atoms with Crippen LogP contribution in [0.4, 0.5) is 0 Å². The van der Waals surface area contributed by atoms with Crippen LogP contribution in [0.25, 0.3) is 0 Å². The highest BCUT2D eigenvalue weighted by atomic mass is 32.2. The standard InChI is InChI=1S/C8H16N2O4S/c1-2-15(12,13)10-5-6-3-4-7(14-6)8(9)11/h6-7,10H,2-5H2,1H3,(H2,9,11). The molecule has 0 aromatic carbocycles. The van der Waals surface area contributed by atoms with E-state index in [1.54, 1.807) is 6.92 Å². The van der Waals surface area contributed by atoms with Gasteiger partial charge in [-0.05, 0) is 19.8 Å². The molecule has 88 valence electrons. The molecule has 7 heteroatoms. The lowest BCUT2D eigenvalue weighted by Crippen LogP contribution is -2.35. The summed E-state index contributed by atoms with van der Waals surface area (Å²) in [7, 11) is -3.19. The first-order chi connectivity index (χ1) is 6.94. The minimum atomic E-state index is -3.19. The number of rotatable bonds is 5. The SMILES string of the molecule is CCS(=O)(=O)NCC1CCC(C(N)=O)O1. The second-order valence-corrected chi connectivity index (χ2v) is 5.57. The molecule has 1 fully saturated rings. The third kappa shape index (κ3) is 3.77. The lowest BCUT2D eigenvalue weighted by atomic mass is 10.2. The van der Waals surface area contributed by atoms with Crippen molar-refractivity contribution in [2.75, 3.05) is 12.3 Å². The van der Waals surface area contributed by atoms with Gasteiger partial charge in [-0.25, -0.2) is 13.1 Å². The van der Waals surface area contributed by atoms with Gasteiger partial charge in [0, 0.05) is 6.54 Å². The largest absolute Gasteiger partial charge is 0.367 e. The van der Waals surface area contributed by atoms with Crippen molar-refractivity contribution < 1.29 is 17.9 Å². The highest BCUT2D eigenvalue weighted by Crippen LogP contribution is 2.18. The number of nitrogens with one attached hydrogen (secondary N) is 1. The molecule has 6 nitrogen and oxygen atoms in total. The molecule has 1 heterocycles. The molecule has 1 rings (SSSR count). The number of nitrogens with two attached hydrogens (primary N) is 1. The molecule has 1 saturated heterocycles. The molecule has 1 aliphatic heterocycles. The molecular weight excluding hydrogens is 220 g/mol. The lowest BCUT2D eigenvalue weighted by Gasteiger charge is -2.12. The summed E-state index contributed by atoms with van der Waals surface area (Å²) in [6, 6.07) is 0. The molecule has 0 aromatic heterocycles. The van der Waals surface area contributed by atoms with Crippen LogP contribution in [0.2, 0.25) is 0 Å². The quantitative estimate of drug-likeness (QED) is 0.637. The Morgan fingerprint density at radius 1 is 1.53 bits per heavy atom. The summed E-state index contributed by atoms with van der Waals surface area (Å²) in [6.45, 7) is 1.77. The van der Waals surface area contributed by atoms with Gasteiger partial charge in [-0.3, -0.25) is 4.79 Å². The topological polar surface area (TPSA) is 98.5 Å². The van der Waals surface area contributed by atoms with Gasteiger partial charge in [-0.1, -0.05) is 0 Å². The van der Waals surface area contributed by atoms with Crippen LogP contribution in [0.15, 0.2) is 0 Å². The van der Waals surface area contributed by atoms with Gasteiger partial charge in [0.05, 0.1) is 11.9 Å². The number of hydrogen-bond acceptors (Lipinski definition) is 4. The average Bonchev–Trinajstić information content (AvgIpc) is 2.63. The molecule has 1 aliphatic rings. The highest BCUT2D eigenvalue weighted by Gasteiger charge is 2.29. The fraction of sp³-hybridized carbons (Fsp3) is 0.875. The van der Waals surface area contributed by atoms with E-state index in [2.05, 4.69) is 4.72 Å². The molecule has 2 unspecified atom stereocenters. The second-order valence-electron chi connectivity index (χ2n) is 3.48. The third-order valence-corrected chi connectivity index (χ3v) is 3.70. The van der Waals surface area contributed by atoms with Gasteiger partial charge < -0.3 is 10.5 Å². The molecule has 0 aromatic rings. The van der Waals surface area contributed by atoms with Crippen molar-refractivity contribution in [2.24, 2.45) is 5.73 Å². The van der Waals surface area contributed by atoms with Crippen LogP contribution in [0, 0.1) is 0 Å². The first-order valence-corrected chi connectivity index (χ1v) is 6.52. The minimum absolute atomic E-state index is 0.0406. The molecule has 1 amide bonds. The summed E-state index contributed by atoms with van der Waals surface area (Å²) in [5.74, 6) is -0.449. The summed E-state index contributed by atoms with van der Waals surface area (Å²) in [4.78, 5) is 10.8. The summed E-state index contributed by atoms with van der Waals surface area (Å²) < 4.78 is 29.9. The molecule has 0 bridgehead atoms. The maximum Gasteiger partial charge on any atom is 0.246 e. The smallest absolute Gasteiger partial charge is 0.246 e. The fourth-order valence-corrected chi connectivity index (χ4v) is 2.03. The Kier molecular flexibility index (Phi) is 4.06. The molecule has 0 aliphatic carbocycles. The number of ether oxygens (including phenoxy) is 1. The Morgan fingerprint density at radius 3 is 2.67 bits per heavy atom.